The Bertz CT molecular complexity index is 915. The summed E-state index contributed by atoms with van der Waals surface area (Å²) in [7, 11) is -3.50. The number of rotatable bonds is 7. The summed E-state index contributed by atoms with van der Waals surface area (Å²) >= 11 is 0. The highest BCUT2D eigenvalue weighted by Gasteiger charge is 2.21. The van der Waals surface area contributed by atoms with Crippen LogP contribution in [0.5, 0.6) is 0 Å². The van der Waals surface area contributed by atoms with Crippen molar-refractivity contribution in [1.29, 1.82) is 0 Å². The number of hydrogen-bond acceptors (Lipinski definition) is 4. The summed E-state index contributed by atoms with van der Waals surface area (Å²) in [6, 6.07) is 13.9. The van der Waals surface area contributed by atoms with E-state index in [1.165, 1.54) is 35.7 Å². The van der Waals surface area contributed by atoms with Crippen LogP contribution in [-0.4, -0.2) is 44.8 Å². The predicted molar refractivity (Wildman–Crippen MR) is 117 cm³/mol. The van der Waals surface area contributed by atoms with Gasteiger partial charge >= 0.3 is 0 Å². The molecule has 0 spiro atoms. The van der Waals surface area contributed by atoms with Crippen molar-refractivity contribution in [3.63, 3.8) is 0 Å². The molecule has 1 heterocycles. The van der Waals surface area contributed by atoms with Crippen molar-refractivity contribution in [3.05, 3.63) is 54.1 Å². The summed E-state index contributed by atoms with van der Waals surface area (Å²) in [5.41, 5.74) is 2.28. The van der Waals surface area contributed by atoms with Gasteiger partial charge in [0.15, 0.2) is 0 Å². The second-order valence-electron chi connectivity index (χ2n) is 7.16. The van der Waals surface area contributed by atoms with Crippen LogP contribution in [0, 0.1) is 0 Å². The highest BCUT2D eigenvalue weighted by Crippen LogP contribution is 2.22. The SMILES string of the molecule is CCN(CC)S(=O)(=O)c1ccc(NC(=O)c2ccc(N3CCCCC3)cc2)cc1. The lowest BCUT2D eigenvalue weighted by atomic mass is 10.1. The number of nitrogens with zero attached hydrogens (tertiary/aromatic N) is 2. The second-order valence-corrected chi connectivity index (χ2v) is 9.10. The quantitative estimate of drug-likeness (QED) is 0.743. The number of hydrogen-bond donors (Lipinski definition) is 1. The van der Waals surface area contributed by atoms with E-state index in [1.54, 1.807) is 12.1 Å². The van der Waals surface area contributed by atoms with Crippen LogP contribution in [0.1, 0.15) is 43.5 Å². The summed E-state index contributed by atoms with van der Waals surface area (Å²) in [5, 5.41) is 2.83. The Balaban J connectivity index is 1.66. The Morgan fingerprint density at radius 3 is 2.07 bits per heavy atom. The highest BCUT2D eigenvalue weighted by atomic mass is 32.2. The molecule has 1 N–H and O–H groups in total. The van der Waals surface area contributed by atoms with Gasteiger partial charge in [0.05, 0.1) is 4.90 Å². The van der Waals surface area contributed by atoms with Crippen LogP contribution in [0.25, 0.3) is 0 Å². The minimum Gasteiger partial charge on any atom is -0.372 e. The summed E-state index contributed by atoms with van der Waals surface area (Å²) in [6.45, 7) is 6.59. The third-order valence-corrected chi connectivity index (χ3v) is 7.37. The van der Waals surface area contributed by atoms with E-state index in [-0.39, 0.29) is 10.8 Å². The first-order chi connectivity index (χ1) is 14.0. The Kier molecular flexibility index (Phi) is 6.92. The molecular formula is C22H29N3O3S. The molecule has 0 unspecified atom stereocenters. The molecular weight excluding hydrogens is 386 g/mol. The molecule has 0 aliphatic carbocycles. The van der Waals surface area contributed by atoms with Crippen molar-refractivity contribution in [2.24, 2.45) is 0 Å². The van der Waals surface area contributed by atoms with Gasteiger partial charge in [-0.05, 0) is 67.8 Å². The van der Waals surface area contributed by atoms with Crippen LogP contribution >= 0.6 is 0 Å². The maximum Gasteiger partial charge on any atom is 0.255 e. The van der Waals surface area contributed by atoms with E-state index in [4.69, 9.17) is 0 Å². The molecule has 3 rings (SSSR count). The standard InChI is InChI=1S/C22H29N3O3S/c1-3-25(4-2)29(27,28)21-14-10-19(11-15-21)23-22(26)18-8-12-20(13-9-18)24-16-6-5-7-17-24/h8-15H,3-7,16-17H2,1-2H3,(H,23,26). The monoisotopic (exact) mass is 415 g/mol. The number of nitrogens with one attached hydrogen (secondary N) is 1. The molecule has 0 saturated carbocycles. The molecule has 0 radical (unpaired) electrons. The fourth-order valence-electron chi connectivity index (χ4n) is 3.60. The van der Waals surface area contributed by atoms with Crippen molar-refractivity contribution < 1.29 is 13.2 Å². The molecule has 2 aromatic rings. The van der Waals surface area contributed by atoms with Crippen molar-refractivity contribution in [2.75, 3.05) is 36.4 Å². The Morgan fingerprint density at radius 1 is 0.931 bits per heavy atom. The Labute approximate surface area is 173 Å². The van der Waals surface area contributed by atoms with Crippen LogP contribution in [0.15, 0.2) is 53.4 Å². The van der Waals surface area contributed by atoms with E-state index < -0.39 is 10.0 Å². The van der Waals surface area contributed by atoms with Crippen molar-refractivity contribution in [1.82, 2.24) is 4.31 Å². The van der Waals surface area contributed by atoms with Crippen molar-refractivity contribution in [2.45, 2.75) is 38.0 Å². The maximum absolute atomic E-state index is 12.5. The van der Waals surface area contributed by atoms with Gasteiger partial charge in [0.25, 0.3) is 5.91 Å². The summed E-state index contributed by atoms with van der Waals surface area (Å²) in [4.78, 5) is 15.1. The zero-order valence-corrected chi connectivity index (χ0v) is 17.9. The fourth-order valence-corrected chi connectivity index (χ4v) is 5.06. The molecule has 156 valence electrons. The first-order valence-corrected chi connectivity index (χ1v) is 11.7. The number of amides is 1. The largest absolute Gasteiger partial charge is 0.372 e. The first kappa shape index (κ1) is 21.3. The van der Waals surface area contributed by atoms with Gasteiger partial charge in [-0.2, -0.15) is 4.31 Å². The summed E-state index contributed by atoms with van der Waals surface area (Å²) in [6.07, 6.45) is 3.70. The van der Waals surface area contributed by atoms with Crippen LogP contribution in [-0.2, 0) is 10.0 Å². The van der Waals surface area contributed by atoms with E-state index in [9.17, 15) is 13.2 Å². The van der Waals surface area contributed by atoms with Gasteiger partial charge in [-0.1, -0.05) is 13.8 Å². The van der Waals surface area contributed by atoms with Crippen LogP contribution in [0.2, 0.25) is 0 Å². The summed E-state index contributed by atoms with van der Waals surface area (Å²) in [5.74, 6) is -0.213. The van der Waals surface area contributed by atoms with E-state index in [1.807, 2.05) is 38.1 Å². The van der Waals surface area contributed by atoms with Crippen LogP contribution in [0.4, 0.5) is 11.4 Å². The molecule has 1 fully saturated rings. The number of anilines is 2. The molecule has 1 aliphatic heterocycles. The van der Waals surface area contributed by atoms with Crippen LogP contribution in [0.3, 0.4) is 0 Å². The minimum absolute atomic E-state index is 0.213. The van der Waals surface area contributed by atoms with Gasteiger partial charge in [0.2, 0.25) is 10.0 Å². The second kappa shape index (κ2) is 9.41. The van der Waals surface area contributed by atoms with Gasteiger partial charge in [-0.25, -0.2) is 8.42 Å². The van der Waals surface area contributed by atoms with Crippen molar-refractivity contribution >= 4 is 27.3 Å². The number of carbonyl (C=O) groups is 1. The lowest BCUT2D eigenvalue weighted by molar-refractivity contribution is 0.102. The topological polar surface area (TPSA) is 69.7 Å². The van der Waals surface area contributed by atoms with E-state index in [0.29, 0.717) is 24.3 Å². The number of sulfonamides is 1. The third kappa shape index (κ3) is 4.97. The number of piperidine rings is 1. The molecule has 0 aromatic heterocycles. The molecule has 1 aliphatic rings. The van der Waals surface area contributed by atoms with Gasteiger partial charge in [0.1, 0.15) is 0 Å². The predicted octanol–water partition coefficient (Wildman–Crippen LogP) is 3.96. The van der Waals surface area contributed by atoms with E-state index in [2.05, 4.69) is 10.2 Å². The van der Waals surface area contributed by atoms with Gasteiger partial charge < -0.3 is 10.2 Å². The van der Waals surface area contributed by atoms with Crippen LogP contribution < -0.4 is 10.2 Å². The zero-order valence-electron chi connectivity index (χ0n) is 17.1. The molecule has 0 bridgehead atoms. The molecule has 29 heavy (non-hydrogen) atoms. The normalized spacial score (nSPS) is 14.8. The van der Waals surface area contributed by atoms with E-state index >= 15 is 0 Å². The van der Waals surface area contributed by atoms with Gasteiger partial charge in [0, 0.05) is 43.1 Å². The van der Waals surface area contributed by atoms with Crippen molar-refractivity contribution in [3.8, 4) is 0 Å². The van der Waals surface area contributed by atoms with Gasteiger partial charge in [-0.15, -0.1) is 0 Å². The molecule has 1 amide bonds. The smallest absolute Gasteiger partial charge is 0.255 e. The number of benzene rings is 2. The Morgan fingerprint density at radius 2 is 1.52 bits per heavy atom. The third-order valence-electron chi connectivity index (χ3n) is 5.31. The Hall–Kier alpha value is -2.38. The molecule has 7 heteroatoms. The van der Waals surface area contributed by atoms with Gasteiger partial charge in [-0.3, -0.25) is 4.79 Å². The number of carbonyl (C=O) groups excluding carboxylic acids is 1. The average Bonchev–Trinajstić information content (AvgIpc) is 2.75. The average molecular weight is 416 g/mol. The lowest BCUT2D eigenvalue weighted by Crippen LogP contribution is -2.30. The maximum atomic E-state index is 12.5. The molecule has 0 atom stereocenters. The lowest BCUT2D eigenvalue weighted by Gasteiger charge is -2.28. The first-order valence-electron chi connectivity index (χ1n) is 10.2. The highest BCUT2D eigenvalue weighted by molar-refractivity contribution is 7.89. The molecule has 2 aromatic carbocycles. The summed E-state index contributed by atoms with van der Waals surface area (Å²) < 4.78 is 26.5. The zero-order chi connectivity index (χ0) is 20.9. The minimum atomic E-state index is -3.50. The molecule has 1 saturated heterocycles. The fraction of sp³-hybridized carbons (Fsp3) is 0.409. The van der Waals surface area contributed by atoms with E-state index in [0.717, 1.165) is 18.8 Å². The molecule has 6 nitrogen and oxygen atoms in total.